The van der Waals surface area contributed by atoms with Crippen LogP contribution in [0.2, 0.25) is 0 Å². The van der Waals surface area contributed by atoms with Crippen LogP contribution in [0, 0.1) is 5.92 Å². The first-order chi connectivity index (χ1) is 27.5. The second-order valence-corrected chi connectivity index (χ2v) is 16.0. The zero-order valence-electron chi connectivity index (χ0n) is 34.7. The summed E-state index contributed by atoms with van der Waals surface area (Å²) in [7, 11) is 0. The van der Waals surface area contributed by atoms with Crippen molar-refractivity contribution >= 4 is 53.3 Å². The molecule has 18 heteroatoms. The van der Waals surface area contributed by atoms with Crippen molar-refractivity contribution in [2.45, 2.75) is 130 Å². The maximum atomic E-state index is 13.9. The van der Waals surface area contributed by atoms with Crippen molar-refractivity contribution < 1.29 is 62.8 Å². The van der Waals surface area contributed by atoms with Gasteiger partial charge in [0.25, 0.3) is 0 Å². The Morgan fingerprint density at radius 1 is 0.627 bits per heavy atom. The summed E-state index contributed by atoms with van der Waals surface area (Å²) in [6.07, 6.45) is -3.32. The number of aliphatic carboxylic acids is 1. The Labute approximate surface area is 343 Å². The summed E-state index contributed by atoms with van der Waals surface area (Å²) in [6, 6.07) is 8.49. The Morgan fingerprint density at radius 3 is 1.71 bits per heavy atom. The van der Waals surface area contributed by atoms with E-state index < -0.39 is 108 Å². The topological polar surface area (TPSA) is 265 Å². The minimum Gasteiger partial charge on any atom is -0.481 e. The number of anilines is 1. The fourth-order valence-electron chi connectivity index (χ4n) is 5.22. The number of aliphatic hydroxyl groups excluding tert-OH is 1. The van der Waals surface area contributed by atoms with Crippen LogP contribution < -0.4 is 26.6 Å². The first-order valence-corrected chi connectivity index (χ1v) is 19.0. The van der Waals surface area contributed by atoms with Gasteiger partial charge in [0.05, 0.1) is 19.4 Å². The van der Waals surface area contributed by atoms with Crippen LogP contribution in [-0.2, 0) is 61.0 Å². The van der Waals surface area contributed by atoms with Crippen molar-refractivity contribution in [1.82, 2.24) is 21.3 Å². The maximum absolute atomic E-state index is 13.9. The number of alkyl carbamates (subject to hydrolysis) is 1. The Kier molecular flexibility index (Phi) is 19.0. The summed E-state index contributed by atoms with van der Waals surface area (Å²) in [6.45, 7) is 12.4. The molecule has 0 aromatic heterocycles. The molecule has 0 aliphatic carbocycles. The molecule has 4 unspecified atom stereocenters. The summed E-state index contributed by atoms with van der Waals surface area (Å²) in [5.41, 5.74) is -0.376. The molecule has 7 N–H and O–H groups in total. The van der Waals surface area contributed by atoms with E-state index in [1.54, 1.807) is 85.7 Å². The van der Waals surface area contributed by atoms with Crippen LogP contribution >= 0.6 is 0 Å². The van der Waals surface area contributed by atoms with E-state index in [2.05, 4.69) is 26.6 Å². The molecule has 0 spiro atoms. The number of carboxylic acid groups (broad SMARTS) is 1. The molecule has 5 amide bonds. The molecule has 2 rings (SSSR count). The summed E-state index contributed by atoms with van der Waals surface area (Å²) in [4.78, 5) is 105. The van der Waals surface area contributed by atoms with Crippen molar-refractivity contribution in [3.05, 3.63) is 65.7 Å². The SMILES string of the molecule is CC(C)C(NC(=O)C(CCC(=O)OC(C)(C)C)NC(=O)C(CC(=O)OC(C)(C)C)NC(=O)OCc1ccccc1)C(=O)NC(CC(=O)O)C(=O)Nc1ccc(CO)cc1. The number of esters is 2. The van der Waals surface area contributed by atoms with Gasteiger partial charge >= 0.3 is 24.0 Å². The quantitative estimate of drug-likeness (QED) is 0.0749. The normalized spacial score (nSPS) is 13.4. The number of nitrogens with one attached hydrogen (secondary N) is 5. The Bertz CT molecular complexity index is 1770. The molecule has 0 aliphatic heterocycles. The van der Waals surface area contributed by atoms with Crippen molar-refractivity contribution in [3.8, 4) is 0 Å². The monoisotopic (exact) mass is 827 g/mol. The van der Waals surface area contributed by atoms with Crippen molar-refractivity contribution in [1.29, 1.82) is 0 Å². The second-order valence-electron chi connectivity index (χ2n) is 16.0. The fourth-order valence-corrected chi connectivity index (χ4v) is 5.22. The Balaban J connectivity index is 2.36. The third kappa shape index (κ3) is 19.3. The molecular formula is C41H57N5O13. The highest BCUT2D eigenvalue weighted by molar-refractivity contribution is 6.01. The van der Waals surface area contributed by atoms with Gasteiger partial charge in [-0.3, -0.25) is 33.6 Å². The highest BCUT2D eigenvalue weighted by Crippen LogP contribution is 2.15. The third-order valence-corrected chi connectivity index (χ3v) is 7.96. The molecule has 18 nitrogen and oxygen atoms in total. The third-order valence-electron chi connectivity index (χ3n) is 7.96. The van der Waals surface area contributed by atoms with Crippen LogP contribution in [0.5, 0.6) is 0 Å². The van der Waals surface area contributed by atoms with E-state index in [1.165, 1.54) is 24.3 Å². The van der Waals surface area contributed by atoms with Gasteiger partial charge in [0.1, 0.15) is 42.0 Å². The largest absolute Gasteiger partial charge is 0.481 e. The Hall–Kier alpha value is -6.04. The zero-order chi connectivity index (χ0) is 44.5. The second kappa shape index (κ2) is 22.8. The lowest BCUT2D eigenvalue weighted by atomic mass is 10.0. The van der Waals surface area contributed by atoms with Gasteiger partial charge in [-0.15, -0.1) is 0 Å². The predicted molar refractivity (Wildman–Crippen MR) is 213 cm³/mol. The highest BCUT2D eigenvalue weighted by atomic mass is 16.6. The fraction of sp³-hybridized carbons (Fsp3) is 0.512. The van der Waals surface area contributed by atoms with Crippen molar-refractivity contribution in [3.63, 3.8) is 0 Å². The van der Waals surface area contributed by atoms with Gasteiger partial charge in [-0.05, 0) is 77.1 Å². The maximum Gasteiger partial charge on any atom is 0.408 e. The minimum atomic E-state index is -1.63. The van der Waals surface area contributed by atoms with Crippen LogP contribution in [-0.4, -0.2) is 93.2 Å². The molecule has 2 aromatic rings. The van der Waals surface area contributed by atoms with Gasteiger partial charge in [0, 0.05) is 12.1 Å². The summed E-state index contributed by atoms with van der Waals surface area (Å²) in [5, 5.41) is 31.0. The number of rotatable bonds is 20. The van der Waals surface area contributed by atoms with E-state index in [0.717, 1.165) is 0 Å². The first kappa shape index (κ1) is 49.1. The van der Waals surface area contributed by atoms with Gasteiger partial charge in [0.15, 0.2) is 0 Å². The molecule has 324 valence electrons. The van der Waals surface area contributed by atoms with Crippen LogP contribution in [0.25, 0.3) is 0 Å². The van der Waals surface area contributed by atoms with Crippen LogP contribution in [0.4, 0.5) is 10.5 Å². The van der Waals surface area contributed by atoms with E-state index >= 15 is 0 Å². The lowest BCUT2D eigenvalue weighted by Gasteiger charge is -2.28. The van der Waals surface area contributed by atoms with Crippen LogP contribution in [0.15, 0.2) is 54.6 Å². The van der Waals surface area contributed by atoms with Crippen LogP contribution in [0.1, 0.15) is 92.2 Å². The van der Waals surface area contributed by atoms with E-state index in [-0.39, 0.29) is 25.3 Å². The number of hydrogen-bond acceptors (Lipinski definition) is 12. The summed E-state index contributed by atoms with van der Waals surface area (Å²) in [5.74, 6) is -7.47. The number of ether oxygens (including phenoxy) is 3. The summed E-state index contributed by atoms with van der Waals surface area (Å²) >= 11 is 0. The number of amides is 5. The van der Waals surface area contributed by atoms with Crippen molar-refractivity contribution in [2.24, 2.45) is 5.92 Å². The average Bonchev–Trinajstić information content (AvgIpc) is 3.12. The Morgan fingerprint density at radius 2 is 1.17 bits per heavy atom. The van der Waals surface area contributed by atoms with E-state index in [9.17, 15) is 48.6 Å². The molecule has 0 saturated carbocycles. The molecule has 0 fully saturated rings. The van der Waals surface area contributed by atoms with Gasteiger partial charge in [0.2, 0.25) is 23.6 Å². The molecule has 0 radical (unpaired) electrons. The van der Waals surface area contributed by atoms with Crippen LogP contribution in [0.3, 0.4) is 0 Å². The molecule has 0 heterocycles. The number of carboxylic acids is 1. The summed E-state index contributed by atoms with van der Waals surface area (Å²) < 4.78 is 16.0. The smallest absolute Gasteiger partial charge is 0.408 e. The standard InChI is InChI=1S/C41H57N5O13/c1-24(2)34(38(55)44-29(20-31(48)49)36(53)42-27-16-14-25(22-47)15-17-27)46-35(52)28(18-19-32(50)58-40(3,4)5)43-37(54)30(21-33(51)59-41(6,7)8)45-39(56)57-23-26-12-10-9-11-13-26/h9-17,24,28-30,34,47H,18-23H2,1-8H3,(H,42,53)(H,43,54)(H,44,55)(H,45,56)(H,46,52)(H,48,49). The van der Waals surface area contributed by atoms with Gasteiger partial charge < -0.3 is 51.0 Å². The average molecular weight is 828 g/mol. The number of aliphatic hydroxyl groups is 1. The molecule has 2 aromatic carbocycles. The lowest BCUT2D eigenvalue weighted by molar-refractivity contribution is -0.156. The predicted octanol–water partition coefficient (Wildman–Crippen LogP) is 2.85. The van der Waals surface area contributed by atoms with Crippen molar-refractivity contribution in [2.75, 3.05) is 5.32 Å². The zero-order valence-corrected chi connectivity index (χ0v) is 34.7. The van der Waals surface area contributed by atoms with E-state index in [4.69, 9.17) is 14.2 Å². The van der Waals surface area contributed by atoms with E-state index in [0.29, 0.717) is 11.1 Å². The van der Waals surface area contributed by atoms with Gasteiger partial charge in [-0.25, -0.2) is 4.79 Å². The molecule has 0 saturated heterocycles. The minimum absolute atomic E-state index is 0.167. The number of carbonyl (C=O) groups excluding carboxylic acids is 7. The van der Waals surface area contributed by atoms with E-state index in [1.807, 2.05) is 0 Å². The number of hydrogen-bond donors (Lipinski definition) is 7. The molecule has 0 bridgehead atoms. The first-order valence-electron chi connectivity index (χ1n) is 19.0. The highest BCUT2D eigenvalue weighted by Gasteiger charge is 2.35. The molecule has 0 aliphatic rings. The molecular weight excluding hydrogens is 770 g/mol. The molecule has 59 heavy (non-hydrogen) atoms. The number of benzene rings is 2. The van der Waals surface area contributed by atoms with Gasteiger partial charge in [-0.1, -0.05) is 56.3 Å². The number of carbonyl (C=O) groups is 8. The van der Waals surface area contributed by atoms with Gasteiger partial charge in [-0.2, -0.15) is 0 Å². The molecule has 4 atom stereocenters. The lowest BCUT2D eigenvalue weighted by Crippen LogP contribution is -2.59.